The van der Waals surface area contributed by atoms with Crippen LogP contribution < -0.4 is 19.5 Å². The Balaban J connectivity index is 1.59. The van der Waals surface area contributed by atoms with E-state index >= 15 is 0 Å². The third-order valence-electron chi connectivity index (χ3n) is 4.29. The fraction of sp³-hybridized carbons (Fsp3) is 0.286. The van der Waals surface area contributed by atoms with Gasteiger partial charge in [-0.05, 0) is 36.2 Å². The van der Waals surface area contributed by atoms with Crippen LogP contribution in [0.1, 0.15) is 15.9 Å². The molecule has 5 heteroatoms. The van der Waals surface area contributed by atoms with E-state index in [1.54, 1.807) is 31.4 Å². The summed E-state index contributed by atoms with van der Waals surface area (Å²) in [6.45, 7) is 5.17. The van der Waals surface area contributed by atoms with Crippen LogP contribution in [0.15, 0.2) is 55.1 Å². The van der Waals surface area contributed by atoms with Crippen molar-refractivity contribution in [3.8, 4) is 17.2 Å². The summed E-state index contributed by atoms with van der Waals surface area (Å²) in [6, 6.07) is 13.2. The SMILES string of the molecule is C=CCOc1ccc(C(=O)NCC2COc3ccccc3C2)cc1OC. The maximum Gasteiger partial charge on any atom is 0.251 e. The summed E-state index contributed by atoms with van der Waals surface area (Å²) in [7, 11) is 1.55. The van der Waals surface area contributed by atoms with Crippen LogP contribution in [0.3, 0.4) is 0 Å². The molecule has 136 valence electrons. The van der Waals surface area contributed by atoms with E-state index in [2.05, 4.69) is 18.0 Å². The Morgan fingerprint density at radius 3 is 2.96 bits per heavy atom. The molecule has 26 heavy (non-hydrogen) atoms. The molecule has 0 radical (unpaired) electrons. The molecule has 1 amide bonds. The second kappa shape index (κ2) is 8.43. The molecule has 0 saturated heterocycles. The first-order chi connectivity index (χ1) is 12.7. The molecular weight excluding hydrogens is 330 g/mol. The predicted molar refractivity (Wildman–Crippen MR) is 100 cm³/mol. The molecule has 1 aliphatic heterocycles. The number of carbonyl (C=O) groups is 1. The Kier molecular flexibility index (Phi) is 5.79. The molecule has 0 spiro atoms. The van der Waals surface area contributed by atoms with E-state index in [4.69, 9.17) is 14.2 Å². The van der Waals surface area contributed by atoms with Crippen molar-refractivity contribution >= 4 is 5.91 Å². The number of amides is 1. The molecule has 3 rings (SSSR count). The number of para-hydroxylation sites is 1. The quantitative estimate of drug-likeness (QED) is 0.777. The smallest absolute Gasteiger partial charge is 0.251 e. The summed E-state index contributed by atoms with van der Waals surface area (Å²) in [5.74, 6) is 2.16. The van der Waals surface area contributed by atoms with Crippen LogP contribution in [0.4, 0.5) is 0 Å². The van der Waals surface area contributed by atoms with Gasteiger partial charge in [0.05, 0.1) is 13.7 Å². The number of hydrogen-bond acceptors (Lipinski definition) is 4. The molecule has 2 aromatic rings. The van der Waals surface area contributed by atoms with Crippen LogP contribution in [-0.2, 0) is 6.42 Å². The number of carbonyl (C=O) groups excluding carboxylic acids is 1. The number of fused-ring (bicyclic) bond motifs is 1. The molecule has 2 aromatic carbocycles. The maximum absolute atomic E-state index is 12.5. The Morgan fingerprint density at radius 2 is 2.15 bits per heavy atom. The fourth-order valence-electron chi connectivity index (χ4n) is 2.94. The molecule has 1 unspecified atom stereocenters. The average Bonchev–Trinajstić information content (AvgIpc) is 2.70. The lowest BCUT2D eigenvalue weighted by Gasteiger charge is -2.25. The Bertz CT molecular complexity index is 787. The molecule has 5 nitrogen and oxygen atoms in total. The van der Waals surface area contributed by atoms with Gasteiger partial charge in [-0.3, -0.25) is 4.79 Å². The second-order valence-corrected chi connectivity index (χ2v) is 6.16. The number of hydrogen-bond donors (Lipinski definition) is 1. The van der Waals surface area contributed by atoms with E-state index in [1.807, 2.05) is 18.2 Å². The van der Waals surface area contributed by atoms with Crippen molar-refractivity contribution < 1.29 is 19.0 Å². The summed E-state index contributed by atoms with van der Waals surface area (Å²) in [5.41, 5.74) is 1.72. The second-order valence-electron chi connectivity index (χ2n) is 6.16. The average molecular weight is 353 g/mol. The number of methoxy groups -OCH3 is 1. The van der Waals surface area contributed by atoms with Crippen molar-refractivity contribution in [3.63, 3.8) is 0 Å². The van der Waals surface area contributed by atoms with Gasteiger partial charge in [0.25, 0.3) is 5.91 Å². The van der Waals surface area contributed by atoms with Crippen molar-refractivity contribution in [2.45, 2.75) is 6.42 Å². The lowest BCUT2D eigenvalue weighted by atomic mass is 9.96. The first kappa shape index (κ1) is 17.9. The van der Waals surface area contributed by atoms with Gasteiger partial charge in [-0.1, -0.05) is 30.9 Å². The van der Waals surface area contributed by atoms with E-state index in [1.165, 1.54) is 5.56 Å². The molecule has 0 aliphatic carbocycles. The van der Waals surface area contributed by atoms with Crippen molar-refractivity contribution in [1.29, 1.82) is 0 Å². The topological polar surface area (TPSA) is 56.8 Å². The van der Waals surface area contributed by atoms with Gasteiger partial charge in [-0.25, -0.2) is 0 Å². The monoisotopic (exact) mass is 353 g/mol. The number of ether oxygens (including phenoxy) is 3. The highest BCUT2D eigenvalue weighted by Crippen LogP contribution is 2.29. The van der Waals surface area contributed by atoms with Gasteiger partial charge in [-0.2, -0.15) is 0 Å². The number of nitrogens with one attached hydrogen (secondary N) is 1. The van der Waals surface area contributed by atoms with Gasteiger partial charge in [-0.15, -0.1) is 0 Å². The van der Waals surface area contributed by atoms with E-state index in [-0.39, 0.29) is 11.8 Å². The Morgan fingerprint density at radius 1 is 1.31 bits per heavy atom. The molecule has 0 aromatic heterocycles. The standard InChI is InChI=1S/C21H23NO4/c1-3-10-25-19-9-8-17(12-20(19)24-2)21(23)22-13-15-11-16-6-4-5-7-18(16)26-14-15/h3-9,12,15H,1,10-11,13-14H2,2H3,(H,22,23). The van der Waals surface area contributed by atoms with Gasteiger partial charge in [0.2, 0.25) is 0 Å². The Hall–Kier alpha value is -2.95. The zero-order valence-electron chi connectivity index (χ0n) is 14.9. The van der Waals surface area contributed by atoms with Crippen molar-refractivity contribution in [1.82, 2.24) is 5.32 Å². The van der Waals surface area contributed by atoms with E-state index in [9.17, 15) is 4.79 Å². The predicted octanol–water partition coefficient (Wildman–Crippen LogP) is 3.24. The molecule has 1 atom stereocenters. The minimum atomic E-state index is -0.141. The molecule has 1 N–H and O–H groups in total. The molecule has 0 fully saturated rings. The maximum atomic E-state index is 12.5. The van der Waals surface area contributed by atoms with Crippen LogP contribution >= 0.6 is 0 Å². The highest BCUT2D eigenvalue weighted by Gasteiger charge is 2.20. The van der Waals surface area contributed by atoms with Gasteiger partial charge in [0, 0.05) is 18.0 Å². The summed E-state index contributed by atoms with van der Waals surface area (Å²) >= 11 is 0. The zero-order chi connectivity index (χ0) is 18.4. The molecule has 1 aliphatic rings. The summed E-state index contributed by atoms with van der Waals surface area (Å²) < 4.78 is 16.6. The highest BCUT2D eigenvalue weighted by atomic mass is 16.5. The third-order valence-corrected chi connectivity index (χ3v) is 4.29. The molecule has 0 bridgehead atoms. The fourth-order valence-corrected chi connectivity index (χ4v) is 2.94. The van der Waals surface area contributed by atoms with Gasteiger partial charge in [0.1, 0.15) is 12.4 Å². The number of rotatable bonds is 7. The molecule has 1 heterocycles. The summed E-state index contributed by atoms with van der Waals surface area (Å²) in [4.78, 5) is 12.5. The molecular formula is C21H23NO4. The third kappa shape index (κ3) is 4.17. The lowest BCUT2D eigenvalue weighted by Crippen LogP contribution is -2.34. The van der Waals surface area contributed by atoms with E-state index in [0.717, 1.165) is 12.2 Å². The van der Waals surface area contributed by atoms with E-state index < -0.39 is 0 Å². The van der Waals surface area contributed by atoms with Crippen LogP contribution in [0, 0.1) is 5.92 Å². The number of benzene rings is 2. The molecule has 0 saturated carbocycles. The largest absolute Gasteiger partial charge is 0.493 e. The highest BCUT2D eigenvalue weighted by molar-refractivity contribution is 5.94. The first-order valence-electron chi connectivity index (χ1n) is 8.62. The van der Waals surface area contributed by atoms with Crippen molar-refractivity contribution in [2.75, 3.05) is 26.9 Å². The summed E-state index contributed by atoms with van der Waals surface area (Å²) in [6.07, 6.45) is 2.55. The minimum Gasteiger partial charge on any atom is -0.493 e. The van der Waals surface area contributed by atoms with Crippen LogP contribution in [0.2, 0.25) is 0 Å². The van der Waals surface area contributed by atoms with Crippen LogP contribution in [0.25, 0.3) is 0 Å². The first-order valence-corrected chi connectivity index (χ1v) is 8.62. The summed E-state index contributed by atoms with van der Waals surface area (Å²) in [5, 5.41) is 2.98. The van der Waals surface area contributed by atoms with Gasteiger partial charge >= 0.3 is 0 Å². The van der Waals surface area contributed by atoms with Gasteiger partial charge < -0.3 is 19.5 Å². The van der Waals surface area contributed by atoms with Crippen molar-refractivity contribution in [2.24, 2.45) is 5.92 Å². The van der Waals surface area contributed by atoms with E-state index in [0.29, 0.717) is 36.8 Å². The minimum absolute atomic E-state index is 0.141. The Labute approximate surface area is 153 Å². The zero-order valence-corrected chi connectivity index (χ0v) is 14.9. The van der Waals surface area contributed by atoms with Gasteiger partial charge in [0.15, 0.2) is 11.5 Å². The lowest BCUT2D eigenvalue weighted by molar-refractivity contribution is 0.0938. The normalized spacial score (nSPS) is 15.3. The van der Waals surface area contributed by atoms with Crippen LogP contribution in [0.5, 0.6) is 17.2 Å². The van der Waals surface area contributed by atoms with Crippen molar-refractivity contribution in [3.05, 3.63) is 66.2 Å². The van der Waals surface area contributed by atoms with Crippen LogP contribution in [-0.4, -0.2) is 32.8 Å².